The lowest BCUT2D eigenvalue weighted by Crippen LogP contribution is -2.12. The highest BCUT2D eigenvalue weighted by Gasteiger charge is 2.14. The van der Waals surface area contributed by atoms with Crippen molar-refractivity contribution >= 4 is 46.1 Å². The van der Waals surface area contributed by atoms with E-state index >= 15 is 0 Å². The molecule has 0 saturated heterocycles. The van der Waals surface area contributed by atoms with Crippen LogP contribution in [-0.4, -0.2) is 36.3 Å². The number of nitrogens with zero attached hydrogens (tertiary/aromatic N) is 6. The van der Waals surface area contributed by atoms with Gasteiger partial charge in [-0.05, 0) is 40.2 Å². The Morgan fingerprint density at radius 2 is 2.14 bits per heavy atom. The third-order valence-corrected chi connectivity index (χ3v) is 3.75. The van der Waals surface area contributed by atoms with Crippen LogP contribution in [-0.2, 0) is 0 Å². The molecule has 0 unspecified atom stereocenters. The van der Waals surface area contributed by atoms with Crippen LogP contribution in [0.1, 0.15) is 9.80 Å². The van der Waals surface area contributed by atoms with Crippen LogP contribution in [0.15, 0.2) is 24.5 Å². The molecular weight excluding hydrogens is 337 g/mol. The number of tetrazole rings is 1. The summed E-state index contributed by atoms with van der Waals surface area (Å²) in [7, 11) is 0. The van der Waals surface area contributed by atoms with Gasteiger partial charge in [0, 0.05) is 0 Å². The highest BCUT2D eigenvalue weighted by Crippen LogP contribution is 2.25. The number of benzene rings is 1. The Hall–Kier alpha value is -2.10. The van der Waals surface area contributed by atoms with E-state index in [4.69, 9.17) is 23.2 Å². The highest BCUT2D eigenvalue weighted by molar-refractivity contribution is 7.17. The van der Waals surface area contributed by atoms with E-state index in [1.54, 1.807) is 18.2 Å². The van der Waals surface area contributed by atoms with E-state index in [0.29, 0.717) is 16.4 Å². The molecule has 1 N–H and O–H groups in total. The largest absolute Gasteiger partial charge is 0.318 e. The van der Waals surface area contributed by atoms with Gasteiger partial charge < -0.3 is 5.32 Å². The van der Waals surface area contributed by atoms with Crippen molar-refractivity contribution in [3.05, 3.63) is 39.0 Å². The lowest BCUT2D eigenvalue weighted by atomic mass is 10.2. The first-order valence-corrected chi connectivity index (χ1v) is 7.04. The zero-order valence-corrected chi connectivity index (χ0v) is 12.4. The number of anilines is 1. The molecular formula is C10H5Cl2N7OS. The number of hydrogen-bond donors (Lipinski definition) is 1. The van der Waals surface area contributed by atoms with E-state index in [2.05, 4.69) is 31.0 Å². The van der Waals surface area contributed by atoms with Gasteiger partial charge in [0.25, 0.3) is 5.91 Å². The van der Waals surface area contributed by atoms with E-state index in [9.17, 15) is 4.79 Å². The summed E-state index contributed by atoms with van der Waals surface area (Å²) in [5.41, 5.74) is 1.05. The molecule has 0 spiro atoms. The van der Waals surface area contributed by atoms with Crippen molar-refractivity contribution in [3.63, 3.8) is 0 Å². The Balaban J connectivity index is 1.88. The number of amides is 1. The SMILES string of the molecule is O=C(Nc1cc(-n2cnnn2)ccc1Cl)c1nnc(Cl)s1. The summed E-state index contributed by atoms with van der Waals surface area (Å²) in [5.74, 6) is -0.449. The van der Waals surface area contributed by atoms with Gasteiger partial charge in [-0.1, -0.05) is 22.9 Å². The maximum absolute atomic E-state index is 12.0. The maximum Gasteiger partial charge on any atom is 0.286 e. The predicted molar refractivity (Wildman–Crippen MR) is 77.0 cm³/mol. The van der Waals surface area contributed by atoms with Gasteiger partial charge in [0.1, 0.15) is 6.33 Å². The second-order valence-corrected chi connectivity index (χ2v) is 5.70. The van der Waals surface area contributed by atoms with Crippen LogP contribution in [0.25, 0.3) is 5.69 Å². The zero-order chi connectivity index (χ0) is 14.8. The highest BCUT2D eigenvalue weighted by atomic mass is 35.5. The molecule has 0 bridgehead atoms. The van der Waals surface area contributed by atoms with E-state index in [1.165, 1.54) is 11.0 Å². The first-order chi connectivity index (χ1) is 10.1. The standard InChI is InChI=1S/C10H5Cl2N7OS/c11-6-2-1-5(19-4-13-17-18-19)3-7(6)14-8(20)9-15-16-10(12)21-9/h1-4H,(H,14,20). The second-order valence-electron chi connectivity index (χ2n) is 3.73. The molecule has 8 nitrogen and oxygen atoms in total. The monoisotopic (exact) mass is 341 g/mol. The maximum atomic E-state index is 12.0. The number of nitrogens with one attached hydrogen (secondary N) is 1. The molecule has 0 fully saturated rings. The normalized spacial score (nSPS) is 10.6. The third-order valence-electron chi connectivity index (χ3n) is 2.41. The van der Waals surface area contributed by atoms with Crippen molar-refractivity contribution in [3.8, 4) is 5.69 Å². The number of halogens is 2. The summed E-state index contributed by atoms with van der Waals surface area (Å²) >= 11 is 12.7. The summed E-state index contributed by atoms with van der Waals surface area (Å²) < 4.78 is 1.63. The fourth-order valence-corrected chi connectivity index (χ4v) is 2.39. The Labute approximate surface area is 131 Å². The first-order valence-electron chi connectivity index (χ1n) is 5.47. The number of rotatable bonds is 3. The first kappa shape index (κ1) is 13.9. The van der Waals surface area contributed by atoms with Gasteiger partial charge in [-0.25, -0.2) is 4.68 Å². The van der Waals surface area contributed by atoms with Crippen molar-refractivity contribution in [2.45, 2.75) is 0 Å². The number of aromatic nitrogens is 6. The van der Waals surface area contributed by atoms with Crippen LogP contribution in [0, 0.1) is 0 Å². The van der Waals surface area contributed by atoms with Crippen molar-refractivity contribution in [1.29, 1.82) is 0 Å². The van der Waals surface area contributed by atoms with Crippen LogP contribution in [0.5, 0.6) is 0 Å². The minimum absolute atomic E-state index is 0.142. The van der Waals surface area contributed by atoms with E-state index < -0.39 is 5.91 Å². The molecule has 0 saturated carbocycles. The summed E-state index contributed by atoms with van der Waals surface area (Å²) in [6, 6.07) is 4.98. The molecule has 21 heavy (non-hydrogen) atoms. The van der Waals surface area contributed by atoms with Crippen LogP contribution in [0.2, 0.25) is 9.49 Å². The second kappa shape index (κ2) is 5.72. The molecule has 1 amide bonds. The molecule has 0 aliphatic rings. The molecule has 3 rings (SSSR count). The quantitative estimate of drug-likeness (QED) is 0.782. The Bertz CT molecular complexity index is 789. The Morgan fingerprint density at radius 3 is 2.81 bits per heavy atom. The lowest BCUT2D eigenvalue weighted by molar-refractivity contribution is 0.102. The van der Waals surface area contributed by atoms with Crippen molar-refractivity contribution in [2.75, 3.05) is 5.32 Å². The molecule has 106 valence electrons. The van der Waals surface area contributed by atoms with Crippen LogP contribution < -0.4 is 5.32 Å². The summed E-state index contributed by atoms with van der Waals surface area (Å²) in [6.45, 7) is 0. The van der Waals surface area contributed by atoms with Crippen molar-refractivity contribution in [2.24, 2.45) is 0 Å². The summed E-state index contributed by atoms with van der Waals surface area (Å²) in [5, 5.41) is 21.2. The summed E-state index contributed by atoms with van der Waals surface area (Å²) in [4.78, 5) is 12.0. The Morgan fingerprint density at radius 1 is 1.29 bits per heavy atom. The van der Waals surface area contributed by atoms with Crippen LogP contribution in [0.4, 0.5) is 5.69 Å². The topological polar surface area (TPSA) is 98.5 Å². The van der Waals surface area contributed by atoms with Crippen LogP contribution >= 0.6 is 34.5 Å². The molecule has 3 aromatic rings. The lowest BCUT2D eigenvalue weighted by Gasteiger charge is -2.07. The van der Waals surface area contributed by atoms with Crippen molar-refractivity contribution < 1.29 is 4.79 Å². The molecule has 0 atom stereocenters. The van der Waals surface area contributed by atoms with Gasteiger partial charge in [0.15, 0.2) is 0 Å². The number of carbonyl (C=O) groups is 1. The molecule has 0 radical (unpaired) electrons. The zero-order valence-electron chi connectivity index (χ0n) is 10.1. The molecule has 2 heterocycles. The van der Waals surface area contributed by atoms with Crippen LogP contribution in [0.3, 0.4) is 0 Å². The van der Waals surface area contributed by atoms with Crippen molar-refractivity contribution in [1.82, 2.24) is 30.4 Å². The van der Waals surface area contributed by atoms with Gasteiger partial charge in [-0.3, -0.25) is 4.79 Å². The minimum Gasteiger partial charge on any atom is -0.318 e. The average molecular weight is 342 g/mol. The molecule has 1 aromatic carbocycles. The van der Waals surface area contributed by atoms with E-state index in [-0.39, 0.29) is 9.47 Å². The minimum atomic E-state index is -0.449. The van der Waals surface area contributed by atoms with Gasteiger partial charge in [0.2, 0.25) is 9.47 Å². The molecule has 11 heteroatoms. The summed E-state index contributed by atoms with van der Waals surface area (Å²) in [6.07, 6.45) is 1.43. The molecule has 0 aliphatic heterocycles. The van der Waals surface area contributed by atoms with Gasteiger partial charge in [-0.2, -0.15) is 0 Å². The average Bonchev–Trinajstić information content (AvgIpc) is 3.12. The number of carbonyl (C=O) groups excluding carboxylic acids is 1. The predicted octanol–water partition coefficient (Wildman–Crippen LogP) is 2.07. The van der Waals surface area contributed by atoms with E-state index in [1.807, 2.05) is 0 Å². The Kier molecular flexibility index (Phi) is 3.78. The smallest absolute Gasteiger partial charge is 0.286 e. The molecule has 0 aliphatic carbocycles. The van der Waals surface area contributed by atoms with E-state index in [0.717, 1.165) is 11.3 Å². The van der Waals surface area contributed by atoms with Gasteiger partial charge >= 0.3 is 0 Å². The van der Waals surface area contributed by atoms with Gasteiger partial charge in [-0.15, -0.1) is 15.3 Å². The fourth-order valence-electron chi connectivity index (χ4n) is 1.50. The van der Waals surface area contributed by atoms with Gasteiger partial charge in [0.05, 0.1) is 16.4 Å². The fraction of sp³-hybridized carbons (Fsp3) is 0. The molecule has 2 aromatic heterocycles. The third kappa shape index (κ3) is 2.99. The number of hydrogen-bond acceptors (Lipinski definition) is 7.